The Kier molecular flexibility index (Phi) is 7.11. The maximum Gasteiger partial charge on any atom is 0.490 e. The van der Waals surface area contributed by atoms with E-state index in [-0.39, 0.29) is 23.9 Å². The summed E-state index contributed by atoms with van der Waals surface area (Å²) in [4.78, 5) is 28.1. The van der Waals surface area contributed by atoms with Crippen LogP contribution in [0.3, 0.4) is 0 Å². The monoisotopic (exact) mass is 462 g/mol. The molecule has 3 atom stereocenters. The molecule has 0 spiro atoms. The molecule has 2 aromatic rings. The van der Waals surface area contributed by atoms with Gasteiger partial charge in [0.2, 0.25) is 0 Å². The van der Waals surface area contributed by atoms with E-state index in [1.807, 2.05) is 17.5 Å². The summed E-state index contributed by atoms with van der Waals surface area (Å²) in [5.41, 5.74) is 0. The number of nitrogens with zero attached hydrogens (tertiary/aromatic N) is 2. The van der Waals surface area contributed by atoms with Gasteiger partial charge in [0.25, 0.3) is 11.8 Å². The Bertz CT molecular complexity index is 909. The van der Waals surface area contributed by atoms with Gasteiger partial charge in [0.15, 0.2) is 5.82 Å². The van der Waals surface area contributed by atoms with Crippen LogP contribution in [0.15, 0.2) is 35.8 Å². The number of carboxylic acid groups (broad SMARTS) is 1. The molecule has 2 aliphatic heterocycles. The minimum Gasteiger partial charge on any atom is -0.475 e. The number of halogens is 4. The van der Waals surface area contributed by atoms with Crippen LogP contribution in [0.1, 0.15) is 22.5 Å². The highest BCUT2D eigenvalue weighted by Crippen LogP contribution is 2.33. The van der Waals surface area contributed by atoms with Crippen LogP contribution in [0.5, 0.6) is 5.88 Å². The van der Waals surface area contributed by atoms with Crippen molar-refractivity contribution in [2.45, 2.75) is 37.3 Å². The van der Waals surface area contributed by atoms with Crippen molar-refractivity contribution in [3.05, 3.63) is 46.5 Å². The summed E-state index contributed by atoms with van der Waals surface area (Å²) in [6, 6.07) is 6.47. The normalized spacial score (nSPS) is 22.8. The van der Waals surface area contributed by atoms with Gasteiger partial charge < -0.3 is 19.5 Å². The molecule has 2 fully saturated rings. The van der Waals surface area contributed by atoms with Crippen LogP contribution >= 0.6 is 11.3 Å². The van der Waals surface area contributed by atoms with E-state index in [0.717, 1.165) is 12.8 Å². The fourth-order valence-corrected chi connectivity index (χ4v) is 4.07. The van der Waals surface area contributed by atoms with Gasteiger partial charge in [0.1, 0.15) is 12.2 Å². The molecule has 1 N–H and O–H groups in total. The summed E-state index contributed by atoms with van der Waals surface area (Å²) in [5.74, 6) is -3.32. The number of alkyl halides is 3. The highest BCUT2D eigenvalue weighted by Gasteiger charge is 2.48. The molecule has 0 radical (unpaired) electrons. The number of hydrogen-bond acceptors (Lipinski definition) is 6. The first-order chi connectivity index (χ1) is 14.7. The average molecular weight is 462 g/mol. The quantitative estimate of drug-likeness (QED) is 0.704. The first kappa shape index (κ1) is 22.9. The molecule has 31 heavy (non-hydrogen) atoms. The first-order valence-corrected chi connectivity index (χ1v) is 10.1. The average Bonchev–Trinajstić information content (AvgIpc) is 3.38. The van der Waals surface area contributed by atoms with Crippen molar-refractivity contribution < 1.29 is 41.7 Å². The van der Waals surface area contributed by atoms with E-state index in [0.29, 0.717) is 18.0 Å². The summed E-state index contributed by atoms with van der Waals surface area (Å²) < 4.78 is 57.2. The van der Waals surface area contributed by atoms with E-state index in [9.17, 15) is 22.4 Å². The molecule has 2 saturated heterocycles. The maximum atomic E-state index is 13.8. The number of fused-ring (bicyclic) bond motifs is 1. The maximum absolute atomic E-state index is 13.8. The van der Waals surface area contributed by atoms with Crippen LogP contribution < -0.4 is 4.74 Å². The molecule has 4 rings (SSSR count). The number of rotatable bonds is 3. The van der Waals surface area contributed by atoms with Gasteiger partial charge in [0, 0.05) is 12.8 Å². The number of thiophene rings is 1. The standard InChI is InChI=1S/C17H17FN2O3S.C2HF3O2/c18-11-4-1-7-19-16(11)23-13-10-20(12-5-2-8-22-15(12)13)17(21)14-6-3-9-24-14;3-2(4,5)1(6)7/h1,3-4,6-7,9,12-13,15H,2,5,8,10H2;(H,6,7)/t12-,13+,15+;/m1./s1. The molecule has 1 amide bonds. The van der Waals surface area contributed by atoms with Crippen LogP contribution in [-0.2, 0) is 9.53 Å². The number of hydrogen-bond donors (Lipinski definition) is 1. The van der Waals surface area contributed by atoms with Gasteiger partial charge in [-0.1, -0.05) is 6.07 Å². The summed E-state index contributed by atoms with van der Waals surface area (Å²) in [6.45, 7) is 1.01. The van der Waals surface area contributed by atoms with Gasteiger partial charge >= 0.3 is 12.1 Å². The lowest BCUT2D eigenvalue weighted by molar-refractivity contribution is -0.192. The molecule has 7 nitrogen and oxygen atoms in total. The smallest absolute Gasteiger partial charge is 0.475 e. The molecule has 0 aliphatic carbocycles. The predicted molar refractivity (Wildman–Crippen MR) is 100 cm³/mol. The Morgan fingerprint density at radius 1 is 1.29 bits per heavy atom. The number of carboxylic acids is 1. The lowest BCUT2D eigenvalue weighted by Crippen LogP contribution is -2.44. The third kappa shape index (κ3) is 5.50. The van der Waals surface area contributed by atoms with Gasteiger partial charge in [-0.2, -0.15) is 13.2 Å². The summed E-state index contributed by atoms with van der Waals surface area (Å²) >= 11 is 1.42. The largest absolute Gasteiger partial charge is 0.490 e. The van der Waals surface area contributed by atoms with Crippen molar-refractivity contribution in [3.63, 3.8) is 0 Å². The second kappa shape index (κ2) is 9.60. The summed E-state index contributed by atoms with van der Waals surface area (Å²) in [5, 5.41) is 9.01. The topological polar surface area (TPSA) is 89.0 Å². The number of aromatic nitrogens is 1. The van der Waals surface area contributed by atoms with Crippen molar-refractivity contribution in [1.29, 1.82) is 0 Å². The number of ether oxygens (including phenoxy) is 2. The fraction of sp³-hybridized carbons (Fsp3) is 0.421. The molecule has 0 bridgehead atoms. The lowest BCUT2D eigenvalue weighted by Gasteiger charge is -2.31. The van der Waals surface area contributed by atoms with E-state index in [1.54, 1.807) is 4.90 Å². The SMILES string of the molecule is O=C(O)C(F)(F)F.O=C(c1cccs1)N1C[C@H](Oc2ncccc2F)[C@H]2OCCC[C@H]21. The van der Waals surface area contributed by atoms with E-state index in [4.69, 9.17) is 19.4 Å². The number of pyridine rings is 1. The fourth-order valence-electron chi connectivity index (χ4n) is 3.39. The zero-order chi connectivity index (χ0) is 22.6. The molecular weight excluding hydrogens is 444 g/mol. The number of aliphatic carboxylic acids is 1. The highest BCUT2D eigenvalue weighted by molar-refractivity contribution is 7.12. The van der Waals surface area contributed by atoms with Crippen LogP contribution in [0.4, 0.5) is 17.6 Å². The summed E-state index contributed by atoms with van der Waals surface area (Å²) in [7, 11) is 0. The second-order valence-electron chi connectivity index (χ2n) is 6.73. The minimum atomic E-state index is -5.08. The molecule has 2 aliphatic rings. The van der Waals surface area contributed by atoms with Crippen molar-refractivity contribution in [2.24, 2.45) is 0 Å². The Labute approximate surface area is 178 Å². The van der Waals surface area contributed by atoms with Crippen LogP contribution in [0.2, 0.25) is 0 Å². The van der Waals surface area contributed by atoms with Gasteiger partial charge in [-0.05, 0) is 36.4 Å². The third-order valence-corrected chi connectivity index (χ3v) is 5.56. The molecule has 2 aromatic heterocycles. The van der Waals surface area contributed by atoms with Crippen molar-refractivity contribution in [1.82, 2.24) is 9.88 Å². The second-order valence-corrected chi connectivity index (χ2v) is 7.68. The van der Waals surface area contributed by atoms with E-state index >= 15 is 0 Å². The van der Waals surface area contributed by atoms with Gasteiger partial charge in [0.05, 0.1) is 17.5 Å². The Hall–Kier alpha value is -2.73. The van der Waals surface area contributed by atoms with Crippen molar-refractivity contribution >= 4 is 23.2 Å². The van der Waals surface area contributed by atoms with Gasteiger partial charge in [-0.15, -0.1) is 11.3 Å². The molecule has 12 heteroatoms. The molecule has 0 aromatic carbocycles. The number of carbonyl (C=O) groups excluding carboxylic acids is 1. The van der Waals surface area contributed by atoms with Crippen molar-refractivity contribution in [2.75, 3.05) is 13.2 Å². The minimum absolute atomic E-state index is 0.0157. The Morgan fingerprint density at radius 3 is 2.65 bits per heavy atom. The van der Waals surface area contributed by atoms with E-state index < -0.39 is 24.1 Å². The zero-order valence-corrected chi connectivity index (χ0v) is 16.7. The predicted octanol–water partition coefficient (Wildman–Crippen LogP) is 3.37. The molecule has 4 heterocycles. The van der Waals surface area contributed by atoms with E-state index in [2.05, 4.69) is 4.98 Å². The zero-order valence-electron chi connectivity index (χ0n) is 15.9. The number of likely N-dealkylation sites (tertiary alicyclic amines) is 1. The van der Waals surface area contributed by atoms with Gasteiger partial charge in [-0.25, -0.2) is 14.2 Å². The number of carbonyl (C=O) groups is 2. The third-order valence-electron chi connectivity index (χ3n) is 4.70. The molecular formula is C19H18F4N2O5S. The van der Waals surface area contributed by atoms with Gasteiger partial charge in [-0.3, -0.25) is 4.79 Å². The van der Waals surface area contributed by atoms with Crippen molar-refractivity contribution in [3.8, 4) is 5.88 Å². The highest BCUT2D eigenvalue weighted by atomic mass is 32.1. The first-order valence-electron chi connectivity index (χ1n) is 9.22. The van der Waals surface area contributed by atoms with Crippen LogP contribution in [0.25, 0.3) is 0 Å². The Balaban J connectivity index is 0.000000339. The lowest BCUT2D eigenvalue weighted by atomic mass is 10.0. The van der Waals surface area contributed by atoms with E-state index in [1.165, 1.54) is 29.7 Å². The van der Waals surface area contributed by atoms with Crippen LogP contribution in [-0.4, -0.2) is 64.4 Å². The Morgan fingerprint density at radius 2 is 2.03 bits per heavy atom. The van der Waals surface area contributed by atoms with Crippen LogP contribution in [0, 0.1) is 5.82 Å². The molecule has 0 unspecified atom stereocenters. The molecule has 168 valence electrons. The number of amides is 1. The summed E-state index contributed by atoms with van der Waals surface area (Å²) in [6.07, 6.45) is -2.49. The molecule has 0 saturated carbocycles.